The molecule has 32 heavy (non-hydrogen) atoms. The maximum absolute atomic E-state index is 12.5. The van der Waals surface area contributed by atoms with Crippen LogP contribution in [0.15, 0.2) is 66.9 Å². The predicted octanol–water partition coefficient (Wildman–Crippen LogP) is 4.50. The summed E-state index contributed by atoms with van der Waals surface area (Å²) in [6.07, 6.45) is 1.27. The van der Waals surface area contributed by atoms with E-state index in [1.54, 1.807) is 35.4 Å². The van der Waals surface area contributed by atoms with Crippen LogP contribution < -0.4 is 15.0 Å². The number of thiazole rings is 1. The van der Waals surface area contributed by atoms with Gasteiger partial charge in [0.05, 0.1) is 15.9 Å². The van der Waals surface area contributed by atoms with Gasteiger partial charge >= 0.3 is 0 Å². The number of pyridine rings is 1. The Labute approximate surface area is 188 Å². The number of fused-ring (bicyclic) bond motifs is 2. The van der Waals surface area contributed by atoms with Gasteiger partial charge in [-0.05, 0) is 43.3 Å². The van der Waals surface area contributed by atoms with Crippen LogP contribution in [0.1, 0.15) is 13.3 Å². The average molecular weight is 445 g/mol. The first-order valence-corrected chi connectivity index (χ1v) is 11.1. The van der Waals surface area contributed by atoms with Crippen molar-refractivity contribution in [3.63, 3.8) is 0 Å². The molecule has 5 rings (SSSR count). The van der Waals surface area contributed by atoms with Crippen molar-refractivity contribution >= 4 is 44.9 Å². The second-order valence-corrected chi connectivity index (χ2v) is 8.47. The third-order valence-corrected chi connectivity index (χ3v) is 6.29. The first-order valence-electron chi connectivity index (χ1n) is 10.3. The zero-order valence-electron chi connectivity index (χ0n) is 17.3. The summed E-state index contributed by atoms with van der Waals surface area (Å²) in [5, 5.41) is 3.68. The quantitative estimate of drug-likeness (QED) is 0.490. The van der Waals surface area contributed by atoms with E-state index in [1.807, 2.05) is 54.6 Å². The number of hydrogen-bond acceptors (Lipinski definition) is 6. The number of para-hydroxylation sites is 3. The van der Waals surface area contributed by atoms with Crippen molar-refractivity contribution in [2.24, 2.45) is 0 Å². The predicted molar refractivity (Wildman–Crippen MR) is 125 cm³/mol. The Hall–Kier alpha value is -3.78. The molecule has 7 nitrogen and oxygen atoms in total. The monoisotopic (exact) mass is 444 g/mol. The van der Waals surface area contributed by atoms with Crippen LogP contribution in [-0.2, 0) is 9.59 Å². The molecule has 160 valence electrons. The van der Waals surface area contributed by atoms with Gasteiger partial charge in [-0.2, -0.15) is 0 Å². The van der Waals surface area contributed by atoms with E-state index in [2.05, 4.69) is 15.3 Å². The second-order valence-electron chi connectivity index (χ2n) is 7.43. The molecule has 0 radical (unpaired) electrons. The topological polar surface area (TPSA) is 84.4 Å². The number of carbonyl (C=O) groups excluding carboxylic acids is 2. The van der Waals surface area contributed by atoms with E-state index in [0.29, 0.717) is 17.3 Å². The molecule has 0 aliphatic carbocycles. The lowest BCUT2D eigenvalue weighted by molar-refractivity contribution is -0.125. The summed E-state index contributed by atoms with van der Waals surface area (Å²) in [7, 11) is 0. The van der Waals surface area contributed by atoms with E-state index in [9.17, 15) is 9.59 Å². The molecule has 2 aromatic heterocycles. The number of nitrogens with one attached hydrogen (secondary N) is 1. The largest absolute Gasteiger partial charge is 0.479 e. The van der Waals surface area contributed by atoms with Crippen LogP contribution in [0.4, 0.5) is 11.5 Å². The molecule has 2 amide bonds. The van der Waals surface area contributed by atoms with Gasteiger partial charge in [-0.25, -0.2) is 9.97 Å². The number of amides is 2. The number of aromatic nitrogens is 2. The molecule has 4 aromatic rings. The molecular formula is C24H20N4O3S. The molecule has 0 bridgehead atoms. The Bertz CT molecular complexity index is 1270. The Kier molecular flexibility index (Phi) is 5.28. The highest BCUT2D eigenvalue weighted by Gasteiger charge is 2.31. The number of ether oxygens (including phenoxy) is 1. The van der Waals surface area contributed by atoms with Crippen LogP contribution in [0.5, 0.6) is 5.75 Å². The summed E-state index contributed by atoms with van der Waals surface area (Å²) >= 11 is 1.60. The molecule has 1 N–H and O–H groups in total. The fraction of sp³-hybridized carbons (Fsp3) is 0.167. The second kappa shape index (κ2) is 8.39. The maximum atomic E-state index is 12.5. The fourth-order valence-corrected chi connectivity index (χ4v) is 4.55. The maximum Gasteiger partial charge on any atom is 0.267 e. The number of nitrogens with zero attached hydrogens (tertiary/aromatic N) is 3. The first-order chi connectivity index (χ1) is 15.6. The summed E-state index contributed by atoms with van der Waals surface area (Å²) in [6.45, 7) is 1.97. The van der Waals surface area contributed by atoms with Gasteiger partial charge in [-0.1, -0.05) is 24.3 Å². The summed E-state index contributed by atoms with van der Waals surface area (Å²) in [5.74, 6) is 0.735. The van der Waals surface area contributed by atoms with E-state index < -0.39 is 6.10 Å². The van der Waals surface area contributed by atoms with Gasteiger partial charge in [0.25, 0.3) is 5.91 Å². The Morgan fingerprint density at radius 1 is 1.12 bits per heavy atom. The van der Waals surface area contributed by atoms with Crippen molar-refractivity contribution in [2.75, 3.05) is 16.8 Å². The van der Waals surface area contributed by atoms with Crippen LogP contribution in [0, 0.1) is 0 Å². The van der Waals surface area contributed by atoms with Crippen LogP contribution >= 0.6 is 11.3 Å². The Balaban J connectivity index is 1.23. The minimum absolute atomic E-state index is 0.147. The number of benzene rings is 2. The van der Waals surface area contributed by atoms with E-state index in [1.165, 1.54) is 0 Å². The van der Waals surface area contributed by atoms with Crippen LogP contribution in [0.25, 0.3) is 20.8 Å². The zero-order chi connectivity index (χ0) is 22.1. The molecule has 3 heterocycles. The third kappa shape index (κ3) is 3.92. The Morgan fingerprint density at radius 3 is 2.75 bits per heavy atom. The highest BCUT2D eigenvalue weighted by molar-refractivity contribution is 7.21. The molecule has 1 aliphatic heterocycles. The zero-order valence-corrected chi connectivity index (χ0v) is 18.1. The van der Waals surface area contributed by atoms with Crippen molar-refractivity contribution < 1.29 is 14.3 Å². The van der Waals surface area contributed by atoms with E-state index >= 15 is 0 Å². The fourth-order valence-electron chi connectivity index (χ4n) is 3.60. The van der Waals surface area contributed by atoms with E-state index in [0.717, 1.165) is 20.8 Å². The smallest absolute Gasteiger partial charge is 0.267 e. The van der Waals surface area contributed by atoms with Crippen molar-refractivity contribution in [1.29, 1.82) is 0 Å². The molecule has 1 unspecified atom stereocenters. The molecule has 8 heteroatoms. The van der Waals surface area contributed by atoms with E-state index in [-0.39, 0.29) is 24.8 Å². The van der Waals surface area contributed by atoms with Crippen LogP contribution in [0.3, 0.4) is 0 Å². The molecule has 0 saturated heterocycles. The van der Waals surface area contributed by atoms with Gasteiger partial charge in [-0.3, -0.25) is 9.59 Å². The summed E-state index contributed by atoms with van der Waals surface area (Å²) in [5.41, 5.74) is 2.54. The lowest BCUT2D eigenvalue weighted by atomic mass is 10.1. The van der Waals surface area contributed by atoms with E-state index in [4.69, 9.17) is 4.74 Å². The highest BCUT2D eigenvalue weighted by atomic mass is 32.1. The number of anilines is 2. The minimum atomic E-state index is -0.579. The molecule has 2 aromatic carbocycles. The van der Waals surface area contributed by atoms with Crippen LogP contribution in [-0.4, -0.2) is 34.4 Å². The average Bonchev–Trinajstić information content (AvgIpc) is 3.24. The number of hydrogen-bond donors (Lipinski definition) is 1. The van der Waals surface area contributed by atoms with Crippen molar-refractivity contribution in [3.8, 4) is 16.3 Å². The van der Waals surface area contributed by atoms with Crippen molar-refractivity contribution in [3.05, 3.63) is 66.9 Å². The number of carbonyl (C=O) groups is 2. The van der Waals surface area contributed by atoms with Gasteiger partial charge in [0.15, 0.2) is 6.10 Å². The van der Waals surface area contributed by atoms with Crippen molar-refractivity contribution in [2.45, 2.75) is 19.4 Å². The van der Waals surface area contributed by atoms with Crippen LogP contribution in [0.2, 0.25) is 0 Å². The normalized spacial score (nSPS) is 15.3. The highest BCUT2D eigenvalue weighted by Crippen LogP contribution is 2.34. The summed E-state index contributed by atoms with van der Waals surface area (Å²) < 4.78 is 6.76. The van der Waals surface area contributed by atoms with Crippen molar-refractivity contribution in [1.82, 2.24) is 9.97 Å². The lowest BCUT2D eigenvalue weighted by Gasteiger charge is -2.32. The standard InChI is InChI=1S/C24H20N4O3S/c1-15-24(30)28(18-7-3-4-8-19(18)31-15)13-12-22(29)27-21-11-10-16(14-25-21)23-26-17-6-2-5-9-20(17)32-23/h2-11,14-15H,12-13H2,1H3,(H,25,27,29). The molecular weight excluding hydrogens is 424 g/mol. The molecule has 1 aliphatic rings. The molecule has 0 fully saturated rings. The summed E-state index contributed by atoms with van der Waals surface area (Å²) in [6, 6.07) is 19.0. The molecule has 0 spiro atoms. The Morgan fingerprint density at radius 2 is 1.94 bits per heavy atom. The summed E-state index contributed by atoms with van der Waals surface area (Å²) in [4.78, 5) is 35.6. The van der Waals surface area contributed by atoms with Gasteiger partial charge in [0, 0.05) is 24.7 Å². The SMILES string of the molecule is CC1Oc2ccccc2N(CCC(=O)Nc2ccc(-c3nc4ccccc4s3)cn2)C1=O. The molecule has 1 atom stereocenters. The van der Waals surface area contributed by atoms with Gasteiger partial charge < -0.3 is 15.0 Å². The number of rotatable bonds is 5. The lowest BCUT2D eigenvalue weighted by Crippen LogP contribution is -2.45. The van der Waals surface area contributed by atoms with Gasteiger partial charge in [-0.15, -0.1) is 11.3 Å². The minimum Gasteiger partial charge on any atom is -0.479 e. The third-order valence-electron chi connectivity index (χ3n) is 5.21. The van der Waals surface area contributed by atoms with Gasteiger partial charge in [0.2, 0.25) is 5.91 Å². The first kappa shape index (κ1) is 20.1. The van der Waals surface area contributed by atoms with Gasteiger partial charge in [0.1, 0.15) is 16.6 Å². The molecule has 0 saturated carbocycles.